The van der Waals surface area contributed by atoms with E-state index in [0.29, 0.717) is 56.3 Å². The molecular weight excluding hydrogens is 442 g/mol. The van der Waals surface area contributed by atoms with E-state index in [1.807, 2.05) is 6.07 Å². The molecular formula is C21H28ClN3O5S. The number of ether oxygens (including phenoxy) is 2. The second kappa shape index (κ2) is 11.3. The topological polar surface area (TPSA) is 88.2 Å². The fraction of sp³-hybridized carbons (Fsp3) is 0.381. The molecule has 31 heavy (non-hydrogen) atoms. The quantitative estimate of drug-likeness (QED) is 0.635. The number of amides is 1. The summed E-state index contributed by atoms with van der Waals surface area (Å²) in [6.45, 7) is 3.17. The van der Waals surface area contributed by atoms with Gasteiger partial charge in [0.25, 0.3) is 5.91 Å². The number of carbonyl (C=O) groups excluding carboxylic acids is 1. The molecule has 1 saturated heterocycles. The molecule has 2 aromatic rings. The van der Waals surface area contributed by atoms with Crippen LogP contribution in [-0.4, -0.2) is 77.0 Å². The van der Waals surface area contributed by atoms with E-state index in [2.05, 4.69) is 10.2 Å². The van der Waals surface area contributed by atoms with Crippen LogP contribution in [0.4, 0.5) is 0 Å². The maximum atomic E-state index is 12.8. The Morgan fingerprint density at radius 2 is 1.61 bits per heavy atom. The van der Waals surface area contributed by atoms with Crippen molar-refractivity contribution in [2.24, 2.45) is 0 Å². The van der Waals surface area contributed by atoms with Gasteiger partial charge in [-0.25, -0.2) is 8.42 Å². The lowest BCUT2D eigenvalue weighted by atomic mass is 10.2. The Hall–Kier alpha value is -2.33. The van der Waals surface area contributed by atoms with Crippen molar-refractivity contribution in [3.05, 3.63) is 54.1 Å². The van der Waals surface area contributed by atoms with E-state index in [-0.39, 0.29) is 23.2 Å². The molecule has 0 bridgehead atoms. The van der Waals surface area contributed by atoms with E-state index < -0.39 is 10.0 Å². The number of carbonyl (C=O) groups is 1. The minimum atomic E-state index is -3.52. The van der Waals surface area contributed by atoms with Gasteiger partial charge in [-0.15, -0.1) is 12.4 Å². The number of methoxy groups -OCH3 is 2. The zero-order valence-electron chi connectivity index (χ0n) is 17.6. The average molecular weight is 470 g/mol. The number of benzene rings is 2. The Balaban J connectivity index is 0.00000341. The largest absolute Gasteiger partial charge is 0.497 e. The van der Waals surface area contributed by atoms with Crippen LogP contribution < -0.4 is 14.8 Å². The molecule has 0 aromatic heterocycles. The molecule has 1 N–H and O–H groups in total. The highest BCUT2D eigenvalue weighted by Gasteiger charge is 2.28. The van der Waals surface area contributed by atoms with Crippen molar-refractivity contribution >= 4 is 28.3 Å². The van der Waals surface area contributed by atoms with Gasteiger partial charge in [0, 0.05) is 39.3 Å². The zero-order chi connectivity index (χ0) is 21.6. The number of piperazine rings is 1. The highest BCUT2D eigenvalue weighted by Crippen LogP contribution is 2.21. The van der Waals surface area contributed by atoms with Gasteiger partial charge >= 0.3 is 0 Å². The molecule has 8 nitrogen and oxygen atoms in total. The maximum Gasteiger partial charge on any atom is 0.255 e. The van der Waals surface area contributed by atoms with E-state index in [1.54, 1.807) is 49.6 Å². The van der Waals surface area contributed by atoms with Crippen molar-refractivity contribution in [1.82, 2.24) is 14.5 Å². The Bertz CT molecular complexity index is 961. The molecule has 1 fully saturated rings. The van der Waals surface area contributed by atoms with Gasteiger partial charge in [-0.3, -0.25) is 9.69 Å². The third-order valence-electron chi connectivity index (χ3n) is 5.09. The molecule has 0 radical (unpaired) electrons. The number of rotatable bonds is 8. The van der Waals surface area contributed by atoms with Gasteiger partial charge < -0.3 is 14.8 Å². The summed E-state index contributed by atoms with van der Waals surface area (Å²) in [6, 6.07) is 13.5. The molecule has 0 aliphatic carbocycles. The number of sulfonamides is 1. The molecule has 1 aliphatic rings. The van der Waals surface area contributed by atoms with Gasteiger partial charge in [0.2, 0.25) is 10.0 Å². The van der Waals surface area contributed by atoms with E-state index in [4.69, 9.17) is 9.47 Å². The number of hydrogen-bond acceptors (Lipinski definition) is 6. The van der Waals surface area contributed by atoms with Crippen LogP contribution in [0, 0.1) is 0 Å². The second-order valence-corrected chi connectivity index (χ2v) is 8.82. The smallest absolute Gasteiger partial charge is 0.255 e. The van der Waals surface area contributed by atoms with Gasteiger partial charge in [-0.1, -0.05) is 12.1 Å². The summed E-state index contributed by atoms with van der Waals surface area (Å²) in [5, 5.41) is 2.89. The first-order chi connectivity index (χ1) is 14.5. The molecule has 170 valence electrons. The first-order valence-corrected chi connectivity index (χ1v) is 11.2. The number of nitrogens with one attached hydrogen (secondary N) is 1. The van der Waals surface area contributed by atoms with Gasteiger partial charge in [-0.05, 0) is 36.4 Å². The molecule has 2 aromatic carbocycles. The summed E-state index contributed by atoms with van der Waals surface area (Å²) < 4.78 is 37.4. The molecule has 0 spiro atoms. The molecule has 1 aliphatic heterocycles. The standard InChI is InChI=1S/C21H27N3O5S.ClH/c1-28-17-7-9-18(10-8-17)30(26,27)24-15-13-23(14-16-24)12-11-22-21(25)19-5-3-4-6-20(19)29-2;/h3-10H,11-16H2,1-2H3,(H,22,25);1H. The summed E-state index contributed by atoms with van der Waals surface area (Å²) in [6.07, 6.45) is 0. The van der Waals surface area contributed by atoms with E-state index in [1.165, 1.54) is 11.4 Å². The number of halogens is 1. The highest BCUT2D eigenvalue weighted by molar-refractivity contribution is 7.89. The fourth-order valence-electron chi connectivity index (χ4n) is 3.35. The van der Waals surface area contributed by atoms with Crippen molar-refractivity contribution in [3.63, 3.8) is 0 Å². The predicted octanol–water partition coefficient (Wildman–Crippen LogP) is 1.86. The van der Waals surface area contributed by atoms with Crippen LogP contribution in [0.25, 0.3) is 0 Å². The fourth-order valence-corrected chi connectivity index (χ4v) is 4.77. The van der Waals surface area contributed by atoms with Crippen LogP contribution >= 0.6 is 12.4 Å². The maximum absolute atomic E-state index is 12.8. The van der Waals surface area contributed by atoms with Crippen molar-refractivity contribution < 1.29 is 22.7 Å². The Kier molecular flexibility index (Phi) is 9.12. The molecule has 1 heterocycles. The van der Waals surface area contributed by atoms with Crippen LogP contribution in [0.5, 0.6) is 11.5 Å². The van der Waals surface area contributed by atoms with Gasteiger partial charge in [-0.2, -0.15) is 4.31 Å². The first-order valence-electron chi connectivity index (χ1n) is 9.73. The molecule has 10 heteroatoms. The van der Waals surface area contributed by atoms with E-state index in [0.717, 1.165) is 0 Å². The minimum Gasteiger partial charge on any atom is -0.497 e. The normalized spacial score (nSPS) is 15.0. The number of nitrogens with zero attached hydrogens (tertiary/aromatic N) is 2. The SMILES string of the molecule is COc1ccc(S(=O)(=O)N2CCN(CCNC(=O)c3ccccc3OC)CC2)cc1.Cl. The van der Waals surface area contributed by atoms with Crippen LogP contribution in [-0.2, 0) is 10.0 Å². The summed E-state index contributed by atoms with van der Waals surface area (Å²) in [5.41, 5.74) is 0.496. The van der Waals surface area contributed by atoms with Crippen LogP contribution in [0.15, 0.2) is 53.4 Å². The van der Waals surface area contributed by atoms with Crippen LogP contribution in [0.1, 0.15) is 10.4 Å². The summed E-state index contributed by atoms with van der Waals surface area (Å²) >= 11 is 0. The Labute approximate surface area is 189 Å². The molecule has 3 rings (SSSR count). The van der Waals surface area contributed by atoms with Gasteiger partial charge in [0.15, 0.2) is 0 Å². The molecule has 0 saturated carbocycles. The zero-order valence-corrected chi connectivity index (χ0v) is 19.2. The lowest BCUT2D eigenvalue weighted by molar-refractivity contribution is 0.0942. The lowest BCUT2D eigenvalue weighted by Gasteiger charge is -2.34. The summed E-state index contributed by atoms with van der Waals surface area (Å²) in [7, 11) is -0.444. The number of para-hydroxylation sites is 1. The summed E-state index contributed by atoms with van der Waals surface area (Å²) in [4.78, 5) is 14.8. The summed E-state index contributed by atoms with van der Waals surface area (Å²) in [5.74, 6) is 0.967. The van der Waals surface area contributed by atoms with Crippen LogP contribution in [0.2, 0.25) is 0 Å². The average Bonchev–Trinajstić information content (AvgIpc) is 2.79. The first kappa shape index (κ1) is 24.9. The minimum absolute atomic E-state index is 0. The van der Waals surface area contributed by atoms with Gasteiger partial charge in [0.1, 0.15) is 11.5 Å². The van der Waals surface area contributed by atoms with E-state index in [9.17, 15) is 13.2 Å². The third-order valence-corrected chi connectivity index (χ3v) is 7.01. The van der Waals surface area contributed by atoms with E-state index >= 15 is 0 Å². The van der Waals surface area contributed by atoms with Crippen molar-refractivity contribution in [1.29, 1.82) is 0 Å². The molecule has 1 amide bonds. The predicted molar refractivity (Wildman–Crippen MR) is 121 cm³/mol. The van der Waals surface area contributed by atoms with Crippen LogP contribution in [0.3, 0.4) is 0 Å². The van der Waals surface area contributed by atoms with Gasteiger partial charge in [0.05, 0.1) is 24.7 Å². The molecule has 0 atom stereocenters. The molecule has 0 unspecified atom stereocenters. The Morgan fingerprint density at radius 1 is 0.968 bits per heavy atom. The van der Waals surface area contributed by atoms with Crippen molar-refractivity contribution in [2.45, 2.75) is 4.90 Å². The monoisotopic (exact) mass is 469 g/mol. The number of hydrogen-bond donors (Lipinski definition) is 1. The highest BCUT2D eigenvalue weighted by atomic mass is 35.5. The third kappa shape index (κ3) is 6.10. The Morgan fingerprint density at radius 3 is 2.23 bits per heavy atom. The second-order valence-electron chi connectivity index (χ2n) is 6.88. The lowest BCUT2D eigenvalue weighted by Crippen LogP contribution is -2.50. The van der Waals surface area contributed by atoms with Crippen molar-refractivity contribution in [2.75, 3.05) is 53.5 Å². The van der Waals surface area contributed by atoms with Crippen molar-refractivity contribution in [3.8, 4) is 11.5 Å².